The molecule has 2 aliphatic heterocycles. The number of likely N-dealkylation sites (tertiary alicyclic amines) is 1. The summed E-state index contributed by atoms with van der Waals surface area (Å²) in [6.45, 7) is 3.93. The van der Waals surface area contributed by atoms with Crippen LogP contribution in [0.5, 0.6) is 0 Å². The molecule has 0 spiro atoms. The van der Waals surface area contributed by atoms with E-state index in [0.717, 1.165) is 44.7 Å². The van der Waals surface area contributed by atoms with Crippen LogP contribution in [0.1, 0.15) is 24.5 Å². The van der Waals surface area contributed by atoms with Gasteiger partial charge in [0.1, 0.15) is 0 Å². The van der Waals surface area contributed by atoms with Crippen molar-refractivity contribution in [3.63, 3.8) is 0 Å². The van der Waals surface area contributed by atoms with E-state index >= 15 is 0 Å². The van der Waals surface area contributed by atoms with Crippen LogP contribution in [0.25, 0.3) is 0 Å². The Labute approximate surface area is 140 Å². The van der Waals surface area contributed by atoms with Crippen LogP contribution in [0.15, 0.2) is 42.6 Å². The molecule has 0 amide bonds. The fourth-order valence-corrected chi connectivity index (χ4v) is 3.79. The fraction of sp³-hybridized carbons (Fsp3) is 0.421. The van der Waals surface area contributed by atoms with E-state index in [1.165, 1.54) is 17.8 Å². The van der Waals surface area contributed by atoms with Crippen LogP contribution < -0.4 is 4.90 Å². The molecule has 5 heteroatoms. The first-order chi connectivity index (χ1) is 11.7. The lowest BCUT2D eigenvalue weighted by Gasteiger charge is -2.47. The first-order valence-corrected chi connectivity index (χ1v) is 8.55. The minimum atomic E-state index is -0.783. The Balaban J connectivity index is 1.30. The minimum absolute atomic E-state index is 0.551. The molecule has 3 heterocycles. The summed E-state index contributed by atoms with van der Waals surface area (Å²) in [5.41, 5.74) is 1.97. The van der Waals surface area contributed by atoms with Gasteiger partial charge in [0.15, 0.2) is 11.6 Å². The largest absolute Gasteiger partial charge is 0.371 e. The summed E-state index contributed by atoms with van der Waals surface area (Å²) in [5.74, 6) is -0.999. The second-order valence-corrected chi connectivity index (χ2v) is 6.72. The number of hydrogen-bond acceptors (Lipinski definition) is 3. The highest BCUT2D eigenvalue weighted by atomic mass is 19.2. The van der Waals surface area contributed by atoms with Crippen molar-refractivity contribution in [3.8, 4) is 0 Å². The molecule has 2 saturated heterocycles. The Kier molecular flexibility index (Phi) is 4.19. The number of halogens is 2. The number of nitrogens with zero attached hydrogens (tertiary/aromatic N) is 3. The van der Waals surface area contributed by atoms with E-state index in [9.17, 15) is 8.78 Å². The molecule has 0 bridgehead atoms. The summed E-state index contributed by atoms with van der Waals surface area (Å²) in [6, 6.07) is 10.9. The average Bonchev–Trinajstić information content (AvgIpc) is 2.58. The number of hydrogen-bond donors (Lipinski definition) is 0. The molecule has 2 aromatic rings. The highest BCUT2D eigenvalue weighted by molar-refractivity contribution is 5.47. The van der Waals surface area contributed by atoms with Crippen molar-refractivity contribution >= 4 is 5.69 Å². The van der Waals surface area contributed by atoms with Crippen LogP contribution in [0.2, 0.25) is 0 Å². The van der Waals surface area contributed by atoms with Gasteiger partial charge < -0.3 is 4.90 Å². The predicted molar refractivity (Wildman–Crippen MR) is 90.1 cm³/mol. The zero-order chi connectivity index (χ0) is 16.5. The number of benzene rings is 1. The summed E-state index contributed by atoms with van der Waals surface area (Å²) < 4.78 is 26.4. The molecule has 0 unspecified atom stereocenters. The van der Waals surface area contributed by atoms with E-state index in [2.05, 4.69) is 20.9 Å². The van der Waals surface area contributed by atoms with E-state index in [1.807, 2.05) is 18.3 Å². The van der Waals surface area contributed by atoms with Crippen LogP contribution in [0.3, 0.4) is 0 Å². The lowest BCUT2D eigenvalue weighted by Crippen LogP contribution is -2.54. The van der Waals surface area contributed by atoms with Gasteiger partial charge in [-0.05, 0) is 37.1 Å². The van der Waals surface area contributed by atoms with Gasteiger partial charge in [0.25, 0.3) is 0 Å². The highest BCUT2D eigenvalue weighted by Crippen LogP contribution is 2.31. The van der Waals surface area contributed by atoms with Gasteiger partial charge in [-0.2, -0.15) is 0 Å². The summed E-state index contributed by atoms with van der Waals surface area (Å²) >= 11 is 0. The number of piperidine rings is 1. The number of aromatic nitrogens is 1. The zero-order valence-corrected chi connectivity index (χ0v) is 13.5. The van der Waals surface area contributed by atoms with Crippen molar-refractivity contribution in [1.29, 1.82) is 0 Å². The summed E-state index contributed by atoms with van der Waals surface area (Å²) in [6.07, 6.45) is 3.99. The molecule has 3 nitrogen and oxygen atoms in total. The molecule has 2 aliphatic rings. The van der Waals surface area contributed by atoms with Crippen LogP contribution in [-0.4, -0.2) is 42.1 Å². The minimum Gasteiger partial charge on any atom is -0.371 e. The number of anilines is 1. The van der Waals surface area contributed by atoms with E-state index in [1.54, 1.807) is 6.07 Å². The van der Waals surface area contributed by atoms with Gasteiger partial charge >= 0.3 is 0 Å². The molecule has 2 fully saturated rings. The third-order valence-corrected chi connectivity index (χ3v) is 5.27. The average molecular weight is 329 g/mol. The maximum atomic E-state index is 13.4. The summed E-state index contributed by atoms with van der Waals surface area (Å²) in [4.78, 5) is 9.12. The zero-order valence-electron chi connectivity index (χ0n) is 13.5. The van der Waals surface area contributed by atoms with Gasteiger partial charge in [0.05, 0.1) is 0 Å². The molecular formula is C19H21F2N3. The van der Waals surface area contributed by atoms with Gasteiger partial charge in [0.2, 0.25) is 0 Å². The third-order valence-electron chi connectivity index (χ3n) is 5.27. The van der Waals surface area contributed by atoms with E-state index in [-0.39, 0.29) is 0 Å². The van der Waals surface area contributed by atoms with E-state index in [0.29, 0.717) is 12.0 Å². The van der Waals surface area contributed by atoms with Crippen molar-refractivity contribution in [2.75, 3.05) is 31.1 Å². The molecule has 1 aromatic heterocycles. The molecular weight excluding hydrogens is 308 g/mol. The second-order valence-electron chi connectivity index (χ2n) is 6.72. The van der Waals surface area contributed by atoms with Crippen molar-refractivity contribution in [2.45, 2.75) is 24.8 Å². The van der Waals surface area contributed by atoms with Crippen molar-refractivity contribution in [1.82, 2.24) is 9.88 Å². The van der Waals surface area contributed by atoms with Crippen LogP contribution >= 0.6 is 0 Å². The van der Waals surface area contributed by atoms with Gasteiger partial charge in [-0.25, -0.2) is 8.78 Å². The normalized spacial score (nSPS) is 20.2. The Morgan fingerprint density at radius 3 is 2.42 bits per heavy atom. The first-order valence-electron chi connectivity index (χ1n) is 8.55. The van der Waals surface area contributed by atoms with Crippen LogP contribution in [0.4, 0.5) is 14.5 Å². The molecule has 126 valence electrons. The smallest absolute Gasteiger partial charge is 0.160 e. The molecule has 0 atom stereocenters. The molecule has 0 aliphatic carbocycles. The quantitative estimate of drug-likeness (QED) is 0.860. The Morgan fingerprint density at radius 2 is 1.75 bits per heavy atom. The highest BCUT2D eigenvalue weighted by Gasteiger charge is 2.35. The standard InChI is InChI=1S/C19H21F2N3/c20-17-5-4-16(11-18(17)21)23-9-6-15(7-10-23)24-12-14(13-24)19-3-1-2-8-22-19/h1-5,8,11,14-15H,6-7,9-10,12-13H2. The first kappa shape index (κ1) is 15.5. The van der Waals surface area contributed by atoms with Crippen LogP contribution in [0, 0.1) is 11.6 Å². The molecule has 24 heavy (non-hydrogen) atoms. The third kappa shape index (κ3) is 3.00. The maximum absolute atomic E-state index is 13.4. The van der Waals surface area contributed by atoms with Gasteiger partial charge in [-0.3, -0.25) is 9.88 Å². The lowest BCUT2D eigenvalue weighted by atomic mass is 9.90. The number of rotatable bonds is 3. The Hall–Kier alpha value is -2.01. The van der Waals surface area contributed by atoms with E-state index < -0.39 is 11.6 Å². The van der Waals surface area contributed by atoms with Gasteiger partial charge in [0, 0.05) is 61.8 Å². The molecule has 1 aromatic carbocycles. The second kappa shape index (κ2) is 6.48. The topological polar surface area (TPSA) is 19.4 Å². The molecule has 0 N–H and O–H groups in total. The molecule has 0 radical (unpaired) electrons. The number of pyridine rings is 1. The van der Waals surface area contributed by atoms with Crippen LogP contribution in [-0.2, 0) is 0 Å². The predicted octanol–water partition coefficient (Wildman–Crippen LogP) is 3.43. The monoisotopic (exact) mass is 329 g/mol. The Morgan fingerprint density at radius 1 is 0.958 bits per heavy atom. The van der Waals surface area contributed by atoms with Crippen molar-refractivity contribution in [3.05, 3.63) is 59.9 Å². The summed E-state index contributed by atoms with van der Waals surface area (Å²) in [7, 11) is 0. The van der Waals surface area contributed by atoms with Gasteiger partial charge in [-0.15, -0.1) is 0 Å². The Bertz CT molecular complexity index is 693. The fourth-order valence-electron chi connectivity index (χ4n) is 3.79. The lowest BCUT2D eigenvalue weighted by molar-refractivity contribution is 0.0750. The SMILES string of the molecule is Fc1ccc(N2CCC(N3CC(c4ccccn4)C3)CC2)cc1F. The van der Waals surface area contributed by atoms with Crippen molar-refractivity contribution in [2.24, 2.45) is 0 Å². The van der Waals surface area contributed by atoms with E-state index in [4.69, 9.17) is 0 Å². The molecule has 0 saturated carbocycles. The maximum Gasteiger partial charge on any atom is 0.160 e. The van der Waals surface area contributed by atoms with Crippen molar-refractivity contribution < 1.29 is 8.78 Å². The summed E-state index contributed by atoms with van der Waals surface area (Å²) in [5, 5.41) is 0. The molecule has 4 rings (SSSR count). The van der Waals surface area contributed by atoms with Gasteiger partial charge in [-0.1, -0.05) is 6.07 Å².